The Morgan fingerprint density at radius 2 is 1.88 bits per heavy atom. The lowest BCUT2D eigenvalue weighted by Crippen LogP contribution is -2.25. The lowest BCUT2D eigenvalue weighted by Gasteiger charge is -2.13. The molecular formula is C17H10FN3O4. The van der Waals surface area contributed by atoms with Gasteiger partial charge in [-0.3, -0.25) is 9.59 Å². The molecule has 0 spiro atoms. The molecule has 0 saturated carbocycles. The summed E-state index contributed by atoms with van der Waals surface area (Å²) in [6.45, 7) is 1.63. The molecule has 0 bridgehead atoms. The third kappa shape index (κ3) is 1.94. The van der Waals surface area contributed by atoms with Crippen LogP contribution in [0.5, 0.6) is 0 Å². The van der Waals surface area contributed by atoms with Crippen LogP contribution in [0.25, 0.3) is 5.52 Å². The number of aromatic nitrogens is 3. The second-order valence-electron chi connectivity index (χ2n) is 5.31. The fourth-order valence-electron chi connectivity index (χ4n) is 3.01. The molecule has 3 aromatic heterocycles. The minimum absolute atomic E-state index is 0.0396. The Kier molecular flexibility index (Phi) is 3.21. The van der Waals surface area contributed by atoms with Crippen molar-refractivity contribution in [3.05, 3.63) is 64.7 Å². The molecule has 7 nitrogen and oxygen atoms in total. The normalized spacial score (nSPS) is 12.9. The first kappa shape index (κ1) is 15.1. The highest BCUT2D eigenvalue weighted by Crippen LogP contribution is 2.33. The topological polar surface area (TPSA) is 90.6 Å². The molecule has 1 aliphatic rings. The number of ketones is 2. The molecule has 3 aromatic rings. The van der Waals surface area contributed by atoms with Gasteiger partial charge in [-0.05, 0) is 19.1 Å². The predicted molar refractivity (Wildman–Crippen MR) is 82.2 cm³/mol. The number of carbonyl (C=O) groups is 3. The van der Waals surface area contributed by atoms with E-state index in [-0.39, 0.29) is 40.3 Å². The number of ether oxygens (including phenoxy) is 1. The number of nitrogens with zero attached hydrogens (tertiary/aromatic N) is 3. The molecule has 0 aromatic carbocycles. The van der Waals surface area contributed by atoms with Crippen molar-refractivity contribution in [1.29, 1.82) is 0 Å². The zero-order valence-corrected chi connectivity index (χ0v) is 12.9. The number of rotatable bonds is 2. The van der Waals surface area contributed by atoms with Gasteiger partial charge in [0.25, 0.3) is 0 Å². The van der Waals surface area contributed by atoms with E-state index < -0.39 is 23.4 Å². The number of esters is 1. The van der Waals surface area contributed by atoms with Gasteiger partial charge in [0.15, 0.2) is 0 Å². The number of hydrogen-bond donors (Lipinski definition) is 0. The minimum Gasteiger partial charge on any atom is -0.462 e. The van der Waals surface area contributed by atoms with Gasteiger partial charge < -0.3 is 9.14 Å². The summed E-state index contributed by atoms with van der Waals surface area (Å²) in [5.74, 6) is -2.89. The van der Waals surface area contributed by atoms with Gasteiger partial charge in [-0.1, -0.05) is 0 Å². The lowest BCUT2D eigenvalue weighted by molar-refractivity contribution is 0.0525. The van der Waals surface area contributed by atoms with E-state index in [1.165, 1.54) is 29.1 Å². The predicted octanol–water partition coefficient (Wildman–Crippen LogP) is 1.82. The van der Waals surface area contributed by atoms with Gasteiger partial charge in [-0.25, -0.2) is 19.2 Å². The maximum atomic E-state index is 14.4. The van der Waals surface area contributed by atoms with Crippen LogP contribution in [0.2, 0.25) is 0 Å². The van der Waals surface area contributed by atoms with Gasteiger partial charge in [0.1, 0.15) is 28.5 Å². The van der Waals surface area contributed by atoms with E-state index in [0.717, 1.165) is 6.07 Å². The maximum absolute atomic E-state index is 14.4. The van der Waals surface area contributed by atoms with Gasteiger partial charge in [0, 0.05) is 18.6 Å². The molecule has 0 atom stereocenters. The molecule has 0 radical (unpaired) electrons. The van der Waals surface area contributed by atoms with E-state index in [9.17, 15) is 18.8 Å². The zero-order valence-electron chi connectivity index (χ0n) is 12.9. The van der Waals surface area contributed by atoms with Gasteiger partial charge in [0.05, 0.1) is 17.7 Å². The average Bonchev–Trinajstić information content (AvgIpc) is 2.97. The first-order chi connectivity index (χ1) is 12.1. The van der Waals surface area contributed by atoms with Gasteiger partial charge in [0.2, 0.25) is 11.6 Å². The molecule has 3 heterocycles. The third-order valence-electron chi connectivity index (χ3n) is 3.96. The van der Waals surface area contributed by atoms with Crippen LogP contribution in [0, 0.1) is 5.82 Å². The van der Waals surface area contributed by atoms with Crippen molar-refractivity contribution in [2.24, 2.45) is 0 Å². The van der Waals surface area contributed by atoms with Crippen molar-refractivity contribution in [3.8, 4) is 0 Å². The smallest absolute Gasteiger partial charge is 0.341 e. The van der Waals surface area contributed by atoms with Crippen LogP contribution in [0.3, 0.4) is 0 Å². The van der Waals surface area contributed by atoms with E-state index >= 15 is 0 Å². The molecule has 0 N–H and O–H groups in total. The summed E-state index contributed by atoms with van der Waals surface area (Å²) in [4.78, 5) is 45.9. The van der Waals surface area contributed by atoms with Crippen LogP contribution < -0.4 is 0 Å². The Morgan fingerprint density at radius 3 is 2.56 bits per heavy atom. The fourth-order valence-corrected chi connectivity index (χ4v) is 3.01. The average molecular weight is 339 g/mol. The quantitative estimate of drug-likeness (QED) is 0.518. The monoisotopic (exact) mass is 339 g/mol. The Bertz CT molecular complexity index is 1090. The molecule has 0 amide bonds. The molecule has 124 valence electrons. The van der Waals surface area contributed by atoms with E-state index in [4.69, 9.17) is 4.74 Å². The van der Waals surface area contributed by atoms with Crippen molar-refractivity contribution in [3.63, 3.8) is 0 Å². The molecule has 8 heteroatoms. The van der Waals surface area contributed by atoms with Crippen LogP contribution in [0.4, 0.5) is 4.39 Å². The van der Waals surface area contributed by atoms with Crippen molar-refractivity contribution < 1.29 is 23.5 Å². The standard InChI is InChI=1S/C17H10FN3O4/c1-2-25-17(24)10-9-14(21-7-3-4-8(18)13(10)21)16(23)12-11(15(9)22)19-5-6-20-12/h3-7H,2H2,1H3. The maximum Gasteiger partial charge on any atom is 0.341 e. The van der Waals surface area contributed by atoms with Gasteiger partial charge >= 0.3 is 5.97 Å². The second-order valence-corrected chi connectivity index (χ2v) is 5.31. The van der Waals surface area contributed by atoms with Crippen LogP contribution in [-0.2, 0) is 4.74 Å². The molecule has 0 aliphatic heterocycles. The second kappa shape index (κ2) is 5.30. The summed E-state index contributed by atoms with van der Waals surface area (Å²) < 4.78 is 20.6. The number of fused-ring (bicyclic) bond motifs is 4. The van der Waals surface area contributed by atoms with Gasteiger partial charge in [-0.15, -0.1) is 0 Å². The van der Waals surface area contributed by atoms with E-state index in [0.29, 0.717) is 0 Å². The van der Waals surface area contributed by atoms with Crippen molar-refractivity contribution >= 4 is 23.1 Å². The number of carbonyl (C=O) groups excluding carboxylic acids is 3. The number of hydrogen-bond acceptors (Lipinski definition) is 6. The lowest BCUT2D eigenvalue weighted by atomic mass is 9.92. The highest BCUT2D eigenvalue weighted by atomic mass is 19.1. The summed E-state index contributed by atoms with van der Waals surface area (Å²) in [6.07, 6.45) is 3.97. The largest absolute Gasteiger partial charge is 0.462 e. The van der Waals surface area contributed by atoms with E-state index in [1.807, 2.05) is 0 Å². The SMILES string of the molecule is CCOC(=O)c1c2c(n3cccc(F)c13)C(=O)c1nccnc1C2=O. The summed E-state index contributed by atoms with van der Waals surface area (Å²) >= 11 is 0. The fraction of sp³-hybridized carbons (Fsp3) is 0.118. The van der Waals surface area contributed by atoms with E-state index in [1.54, 1.807) is 6.92 Å². The first-order valence-electron chi connectivity index (χ1n) is 7.46. The van der Waals surface area contributed by atoms with Crippen LogP contribution in [0.1, 0.15) is 49.5 Å². The van der Waals surface area contributed by atoms with Crippen LogP contribution in [0.15, 0.2) is 30.7 Å². The molecule has 25 heavy (non-hydrogen) atoms. The zero-order chi connectivity index (χ0) is 17.7. The third-order valence-corrected chi connectivity index (χ3v) is 3.96. The van der Waals surface area contributed by atoms with Crippen LogP contribution in [-0.4, -0.2) is 38.5 Å². The molecule has 0 fully saturated rings. The summed E-state index contributed by atoms with van der Waals surface area (Å²) in [7, 11) is 0. The van der Waals surface area contributed by atoms with E-state index in [2.05, 4.69) is 9.97 Å². The minimum atomic E-state index is -0.875. The van der Waals surface area contributed by atoms with Gasteiger partial charge in [-0.2, -0.15) is 0 Å². The molecule has 0 unspecified atom stereocenters. The molecular weight excluding hydrogens is 329 g/mol. The number of pyridine rings is 1. The Balaban J connectivity index is 2.15. The molecule has 1 aliphatic carbocycles. The van der Waals surface area contributed by atoms with Crippen molar-refractivity contribution in [2.75, 3.05) is 6.61 Å². The highest BCUT2D eigenvalue weighted by Gasteiger charge is 2.40. The molecule has 4 rings (SSSR count). The van der Waals surface area contributed by atoms with Crippen molar-refractivity contribution in [1.82, 2.24) is 14.4 Å². The number of halogens is 1. The summed E-state index contributed by atoms with van der Waals surface area (Å²) in [5.41, 5.74) is -1.07. The summed E-state index contributed by atoms with van der Waals surface area (Å²) in [5, 5.41) is 0. The molecule has 0 saturated heterocycles. The Hall–Kier alpha value is -3.42. The van der Waals surface area contributed by atoms with Crippen molar-refractivity contribution in [2.45, 2.75) is 6.92 Å². The Labute approximate surface area is 140 Å². The summed E-state index contributed by atoms with van der Waals surface area (Å²) in [6, 6.07) is 2.52. The highest BCUT2D eigenvalue weighted by molar-refractivity contribution is 6.30. The Morgan fingerprint density at radius 1 is 1.20 bits per heavy atom. The van der Waals surface area contributed by atoms with Crippen LogP contribution >= 0.6 is 0 Å². The first-order valence-corrected chi connectivity index (χ1v) is 7.46.